The first-order chi connectivity index (χ1) is 31.2. The summed E-state index contributed by atoms with van der Waals surface area (Å²) in [6.45, 7) is 0. The van der Waals surface area contributed by atoms with Crippen LogP contribution >= 0.6 is 0 Å². The van der Waals surface area contributed by atoms with Gasteiger partial charge in [-0.3, -0.25) is 0 Å². The second kappa shape index (κ2) is 14.0. The Hall–Kier alpha value is -8.61. The van der Waals surface area contributed by atoms with Crippen molar-refractivity contribution in [3.05, 3.63) is 212 Å². The summed E-state index contributed by atoms with van der Waals surface area (Å²) >= 11 is 0. The zero-order valence-electron chi connectivity index (χ0n) is 33.9. The van der Waals surface area contributed by atoms with Crippen LogP contribution < -0.4 is 0 Å². The van der Waals surface area contributed by atoms with Gasteiger partial charge in [-0.1, -0.05) is 152 Å². The van der Waals surface area contributed by atoms with Gasteiger partial charge in [-0.2, -0.15) is 0 Å². The van der Waals surface area contributed by atoms with Crippen LogP contribution in [0.15, 0.2) is 217 Å². The summed E-state index contributed by atoms with van der Waals surface area (Å²) in [7, 11) is 0. The van der Waals surface area contributed by atoms with E-state index in [1.807, 2.05) is 66.7 Å². The van der Waals surface area contributed by atoms with Crippen molar-refractivity contribution in [1.82, 2.24) is 24.1 Å². The van der Waals surface area contributed by atoms with Crippen LogP contribution in [0.1, 0.15) is 0 Å². The number of aromatic nitrogens is 5. The van der Waals surface area contributed by atoms with Crippen LogP contribution in [0, 0.1) is 0 Å². The van der Waals surface area contributed by atoms with E-state index in [4.69, 9.17) is 19.4 Å². The van der Waals surface area contributed by atoms with Crippen molar-refractivity contribution in [2.45, 2.75) is 0 Å². The van der Waals surface area contributed by atoms with E-state index in [-0.39, 0.29) is 0 Å². The minimum Gasteiger partial charge on any atom is -0.454 e. The van der Waals surface area contributed by atoms with Crippen LogP contribution in [0.25, 0.3) is 122 Å². The van der Waals surface area contributed by atoms with E-state index >= 15 is 0 Å². The summed E-state index contributed by atoms with van der Waals surface area (Å²) in [6.07, 6.45) is 0. The van der Waals surface area contributed by atoms with Crippen molar-refractivity contribution < 1.29 is 4.42 Å². The van der Waals surface area contributed by atoms with Crippen LogP contribution in [-0.4, -0.2) is 24.1 Å². The fourth-order valence-electron chi connectivity index (χ4n) is 9.50. The van der Waals surface area contributed by atoms with Crippen molar-refractivity contribution in [2.75, 3.05) is 0 Å². The monoisotopic (exact) mass is 805 g/mol. The van der Waals surface area contributed by atoms with Crippen molar-refractivity contribution in [3.63, 3.8) is 0 Å². The van der Waals surface area contributed by atoms with E-state index in [0.29, 0.717) is 17.5 Å². The first-order valence-corrected chi connectivity index (χ1v) is 21.2. The number of fused-ring (bicyclic) bond motifs is 10. The van der Waals surface area contributed by atoms with E-state index in [1.165, 1.54) is 21.9 Å². The van der Waals surface area contributed by atoms with Gasteiger partial charge in [0.1, 0.15) is 5.58 Å². The molecule has 0 unspecified atom stereocenters. The summed E-state index contributed by atoms with van der Waals surface area (Å²) in [4.78, 5) is 15.0. The molecule has 6 heteroatoms. The molecule has 0 aliphatic heterocycles. The van der Waals surface area contributed by atoms with Gasteiger partial charge in [0.2, 0.25) is 0 Å². The molecule has 0 radical (unpaired) electrons. The highest BCUT2D eigenvalue weighted by Crippen LogP contribution is 2.44. The lowest BCUT2D eigenvalue weighted by atomic mass is 10.0. The Morgan fingerprint density at radius 2 is 0.857 bits per heavy atom. The number of hydrogen-bond donors (Lipinski definition) is 0. The summed E-state index contributed by atoms with van der Waals surface area (Å²) in [5, 5.41) is 6.71. The minimum absolute atomic E-state index is 0.602. The number of para-hydroxylation sites is 3. The number of rotatable bonds is 6. The maximum absolute atomic E-state index is 6.98. The van der Waals surface area contributed by atoms with Crippen molar-refractivity contribution in [1.29, 1.82) is 0 Å². The van der Waals surface area contributed by atoms with Gasteiger partial charge in [0, 0.05) is 54.7 Å². The van der Waals surface area contributed by atoms with Gasteiger partial charge in [-0.05, 0) is 71.8 Å². The largest absolute Gasteiger partial charge is 0.454 e. The van der Waals surface area contributed by atoms with Crippen molar-refractivity contribution >= 4 is 65.6 Å². The molecule has 63 heavy (non-hydrogen) atoms. The molecule has 294 valence electrons. The van der Waals surface area contributed by atoms with Crippen LogP contribution in [0.3, 0.4) is 0 Å². The second-order valence-electron chi connectivity index (χ2n) is 16.0. The van der Waals surface area contributed by atoms with Crippen LogP contribution in [0.4, 0.5) is 0 Å². The molecule has 0 N–H and O–H groups in total. The zero-order valence-corrected chi connectivity index (χ0v) is 33.9. The van der Waals surface area contributed by atoms with Crippen LogP contribution in [-0.2, 0) is 0 Å². The SMILES string of the molecule is c1ccc(-c2ccc3c(c2)c2ccccc2n3-c2cccc3c4ccc5c6cc(-c7nc(-c8ccccc8)nc(-c8ccccc8)n7)ccc6oc5c4n(-c4ccccc4)c23)cc1. The minimum atomic E-state index is 0.602. The molecule has 4 heterocycles. The highest BCUT2D eigenvalue weighted by atomic mass is 16.3. The van der Waals surface area contributed by atoms with Gasteiger partial charge in [-0.15, -0.1) is 0 Å². The summed E-state index contributed by atoms with van der Waals surface area (Å²) in [5.41, 5.74) is 13.3. The second-order valence-corrected chi connectivity index (χ2v) is 16.0. The van der Waals surface area contributed by atoms with Gasteiger partial charge in [0.05, 0.1) is 27.8 Å². The van der Waals surface area contributed by atoms with E-state index in [2.05, 4.69) is 155 Å². The molecule has 0 spiro atoms. The first-order valence-electron chi connectivity index (χ1n) is 21.2. The lowest BCUT2D eigenvalue weighted by Gasteiger charge is -2.14. The number of furan rings is 1. The molecule has 0 aliphatic carbocycles. The predicted octanol–water partition coefficient (Wildman–Crippen LogP) is 14.6. The molecular weight excluding hydrogens is 771 g/mol. The lowest BCUT2D eigenvalue weighted by molar-refractivity contribution is 0.671. The Balaban J connectivity index is 1.06. The Morgan fingerprint density at radius 3 is 1.57 bits per heavy atom. The highest BCUT2D eigenvalue weighted by Gasteiger charge is 2.24. The molecule has 0 bridgehead atoms. The third-order valence-corrected chi connectivity index (χ3v) is 12.4. The molecule has 0 aliphatic rings. The molecule has 13 aromatic rings. The number of hydrogen-bond acceptors (Lipinski definition) is 4. The van der Waals surface area contributed by atoms with Crippen molar-refractivity contribution in [3.8, 4) is 56.7 Å². The molecule has 6 nitrogen and oxygen atoms in total. The zero-order chi connectivity index (χ0) is 41.4. The Bertz CT molecular complexity index is 3830. The molecule has 0 atom stereocenters. The molecular formula is C57H35N5O. The van der Waals surface area contributed by atoms with E-state index in [9.17, 15) is 0 Å². The highest BCUT2D eigenvalue weighted by molar-refractivity contribution is 6.23. The van der Waals surface area contributed by atoms with Gasteiger partial charge in [-0.25, -0.2) is 15.0 Å². The molecule has 13 rings (SSSR count). The van der Waals surface area contributed by atoms with Gasteiger partial charge < -0.3 is 13.6 Å². The standard InChI is InChI=1S/C57H35N5O/c1-5-16-36(17-6-1)39-28-32-49-46(34-39)42-24-13-14-26-48(42)62(49)50-27-15-25-43-44-30-31-45-47-35-40(29-33-51(47)63-54(45)53(44)61(52(43)50)41-22-11-4-12-23-41)57-59-55(37-18-7-2-8-19-37)58-56(60-57)38-20-9-3-10-21-38/h1-35H. The third kappa shape index (κ3) is 5.55. The van der Waals surface area contributed by atoms with Crippen molar-refractivity contribution in [2.24, 2.45) is 0 Å². The molecule has 0 saturated carbocycles. The predicted molar refractivity (Wildman–Crippen MR) is 258 cm³/mol. The van der Waals surface area contributed by atoms with Crippen LogP contribution in [0.2, 0.25) is 0 Å². The Morgan fingerprint density at radius 1 is 0.317 bits per heavy atom. The normalized spacial score (nSPS) is 11.8. The maximum atomic E-state index is 6.98. The van der Waals surface area contributed by atoms with Gasteiger partial charge in [0.15, 0.2) is 23.1 Å². The smallest absolute Gasteiger partial charge is 0.164 e. The Kier molecular flexibility index (Phi) is 7.80. The van der Waals surface area contributed by atoms with Gasteiger partial charge in [0.25, 0.3) is 0 Å². The van der Waals surface area contributed by atoms with Crippen LogP contribution in [0.5, 0.6) is 0 Å². The summed E-state index contributed by atoms with van der Waals surface area (Å²) in [5.74, 6) is 1.85. The average Bonchev–Trinajstić information content (AvgIpc) is 4.02. The van der Waals surface area contributed by atoms with E-state index in [1.54, 1.807) is 0 Å². The lowest BCUT2D eigenvalue weighted by Crippen LogP contribution is -2.00. The molecule has 9 aromatic carbocycles. The summed E-state index contributed by atoms with van der Waals surface area (Å²) < 4.78 is 11.8. The number of nitrogens with zero attached hydrogens (tertiary/aromatic N) is 5. The quantitative estimate of drug-likeness (QED) is 0.168. The third-order valence-electron chi connectivity index (χ3n) is 12.4. The van der Waals surface area contributed by atoms with E-state index in [0.717, 1.165) is 82.8 Å². The summed E-state index contributed by atoms with van der Waals surface area (Å²) in [6, 6.07) is 74.4. The molecule has 4 aromatic heterocycles. The van der Waals surface area contributed by atoms with E-state index < -0.39 is 0 Å². The average molecular weight is 806 g/mol. The van der Waals surface area contributed by atoms with Gasteiger partial charge >= 0.3 is 0 Å². The molecule has 0 fully saturated rings. The number of benzene rings is 9. The molecule has 0 amide bonds. The first kappa shape index (κ1) is 35.2. The fourth-order valence-corrected chi connectivity index (χ4v) is 9.50. The fraction of sp³-hybridized carbons (Fsp3) is 0. The topological polar surface area (TPSA) is 61.7 Å². The Labute approximate surface area is 361 Å². The maximum Gasteiger partial charge on any atom is 0.164 e. The molecule has 0 saturated heterocycles.